The number of nitrogens with zero attached hydrogens (tertiary/aromatic N) is 5. The molecule has 0 saturated heterocycles. The first-order valence-electron chi connectivity index (χ1n) is 7.69. The van der Waals surface area contributed by atoms with Gasteiger partial charge in [-0.25, -0.2) is 4.98 Å². The van der Waals surface area contributed by atoms with E-state index in [1.165, 1.54) is 0 Å². The fourth-order valence-corrected chi connectivity index (χ4v) is 3.18. The maximum atomic E-state index is 6.08. The van der Waals surface area contributed by atoms with Crippen molar-refractivity contribution in [2.45, 2.75) is 0 Å². The van der Waals surface area contributed by atoms with E-state index in [9.17, 15) is 0 Å². The molecule has 3 heterocycles. The summed E-state index contributed by atoms with van der Waals surface area (Å²) in [7, 11) is 4.00. The van der Waals surface area contributed by atoms with Crippen LogP contribution in [-0.4, -0.2) is 33.6 Å². The van der Waals surface area contributed by atoms with Crippen LogP contribution in [0.15, 0.2) is 47.4 Å². The smallest absolute Gasteiger partial charge is 0.231 e. The molecule has 0 aliphatic rings. The molecular formula is C17H17N7S. The molecule has 0 aliphatic carbocycles. The normalized spacial score (nSPS) is 11.0. The van der Waals surface area contributed by atoms with Gasteiger partial charge in [0.2, 0.25) is 5.95 Å². The summed E-state index contributed by atoms with van der Waals surface area (Å²) >= 11 is 1.62. The lowest BCUT2D eigenvalue weighted by Crippen LogP contribution is -2.09. The number of benzene rings is 1. The highest BCUT2D eigenvalue weighted by atomic mass is 32.1. The molecule has 4 rings (SSSR count). The third-order valence-corrected chi connectivity index (χ3v) is 4.50. The largest absolute Gasteiger partial charge is 0.382 e. The first-order chi connectivity index (χ1) is 12.1. The molecular weight excluding hydrogens is 334 g/mol. The zero-order chi connectivity index (χ0) is 17.4. The summed E-state index contributed by atoms with van der Waals surface area (Å²) in [5.41, 5.74) is 10.3. The van der Waals surface area contributed by atoms with Crippen molar-refractivity contribution in [3.05, 3.63) is 47.4 Å². The number of hydrogen-bond acceptors (Lipinski definition) is 7. The van der Waals surface area contributed by atoms with Crippen molar-refractivity contribution in [3.63, 3.8) is 0 Å². The number of nitrogens with one attached hydrogen (secondary N) is 1. The van der Waals surface area contributed by atoms with Gasteiger partial charge in [0.05, 0.1) is 5.69 Å². The lowest BCUT2D eigenvalue weighted by Gasteiger charge is -2.14. The number of nitrogens with two attached hydrogens (primary N) is 1. The molecule has 3 aromatic heterocycles. The van der Waals surface area contributed by atoms with Gasteiger partial charge in [0, 0.05) is 30.9 Å². The highest BCUT2D eigenvalue weighted by Gasteiger charge is 2.13. The van der Waals surface area contributed by atoms with Gasteiger partial charge in [0.25, 0.3) is 0 Å². The number of aromatic nitrogens is 4. The van der Waals surface area contributed by atoms with Crippen LogP contribution in [0.4, 0.5) is 23.1 Å². The van der Waals surface area contributed by atoms with Crippen LogP contribution in [0.5, 0.6) is 0 Å². The fraction of sp³-hybridized carbons (Fsp3) is 0.118. The minimum Gasteiger partial charge on any atom is -0.382 e. The van der Waals surface area contributed by atoms with Crippen molar-refractivity contribution >= 4 is 45.6 Å². The minimum atomic E-state index is 0.352. The molecule has 126 valence electrons. The van der Waals surface area contributed by atoms with Crippen LogP contribution in [0.1, 0.15) is 0 Å². The molecule has 0 saturated carbocycles. The molecule has 1 aromatic carbocycles. The number of nitrogen functional groups attached to an aromatic ring is 1. The van der Waals surface area contributed by atoms with Crippen LogP contribution in [-0.2, 0) is 0 Å². The van der Waals surface area contributed by atoms with E-state index in [0.29, 0.717) is 22.9 Å². The Morgan fingerprint density at radius 2 is 2.08 bits per heavy atom. The molecule has 3 N–H and O–H groups in total. The molecule has 0 spiro atoms. The first kappa shape index (κ1) is 15.4. The van der Waals surface area contributed by atoms with Crippen molar-refractivity contribution in [1.82, 2.24) is 19.5 Å². The summed E-state index contributed by atoms with van der Waals surface area (Å²) in [6.45, 7) is 0. The van der Waals surface area contributed by atoms with Gasteiger partial charge in [-0.1, -0.05) is 6.07 Å². The highest BCUT2D eigenvalue weighted by Crippen LogP contribution is 2.25. The molecule has 0 amide bonds. The summed E-state index contributed by atoms with van der Waals surface area (Å²) in [6.07, 6.45) is 1.72. The second kappa shape index (κ2) is 6.06. The Bertz CT molecular complexity index is 1020. The number of thiophene rings is 1. The summed E-state index contributed by atoms with van der Waals surface area (Å²) in [4.78, 5) is 15.3. The Morgan fingerprint density at radius 3 is 2.84 bits per heavy atom. The molecule has 7 nitrogen and oxygen atoms in total. The van der Waals surface area contributed by atoms with Crippen molar-refractivity contribution in [3.8, 4) is 5.69 Å². The summed E-state index contributed by atoms with van der Waals surface area (Å²) in [5, 5.41) is 7.27. The number of hydrogen-bond donors (Lipinski definition) is 2. The van der Waals surface area contributed by atoms with Crippen molar-refractivity contribution in [2.75, 3.05) is 30.0 Å². The van der Waals surface area contributed by atoms with E-state index in [-0.39, 0.29) is 0 Å². The van der Waals surface area contributed by atoms with Gasteiger partial charge in [0.15, 0.2) is 17.0 Å². The van der Waals surface area contributed by atoms with Crippen LogP contribution >= 0.6 is 11.3 Å². The average molecular weight is 351 g/mol. The molecule has 25 heavy (non-hydrogen) atoms. The zero-order valence-corrected chi connectivity index (χ0v) is 14.7. The standard InChI is InChI=1S/C17H17N7S/c1-23(2)12-5-3-4-11(8-12)20-17-21-15(18)14-16(22-17)24(10-19-14)13-6-7-25-9-13/h3-10H,1-2H3,(H3,18,20,21,22). The zero-order valence-electron chi connectivity index (χ0n) is 13.8. The maximum Gasteiger partial charge on any atom is 0.231 e. The van der Waals surface area contributed by atoms with Crippen molar-refractivity contribution < 1.29 is 0 Å². The number of fused-ring (bicyclic) bond motifs is 1. The highest BCUT2D eigenvalue weighted by molar-refractivity contribution is 7.08. The van der Waals surface area contributed by atoms with E-state index in [0.717, 1.165) is 17.1 Å². The average Bonchev–Trinajstić information content (AvgIpc) is 3.24. The minimum absolute atomic E-state index is 0.352. The topological polar surface area (TPSA) is 84.9 Å². The molecule has 0 bridgehead atoms. The third kappa shape index (κ3) is 2.87. The van der Waals surface area contributed by atoms with Crippen LogP contribution in [0, 0.1) is 0 Å². The third-order valence-electron chi connectivity index (χ3n) is 3.83. The van der Waals surface area contributed by atoms with Gasteiger partial charge in [0.1, 0.15) is 6.33 Å². The second-order valence-electron chi connectivity index (χ2n) is 5.77. The lowest BCUT2D eigenvalue weighted by molar-refractivity contribution is 1.07. The van der Waals surface area contributed by atoms with Crippen LogP contribution < -0.4 is 16.0 Å². The van der Waals surface area contributed by atoms with Crippen LogP contribution in [0.25, 0.3) is 16.9 Å². The van der Waals surface area contributed by atoms with Gasteiger partial charge in [-0.05, 0) is 29.6 Å². The van der Waals surface area contributed by atoms with Gasteiger partial charge < -0.3 is 16.0 Å². The van der Waals surface area contributed by atoms with Crippen molar-refractivity contribution in [1.29, 1.82) is 0 Å². The molecule has 0 atom stereocenters. The van der Waals surface area contributed by atoms with Crippen LogP contribution in [0.2, 0.25) is 0 Å². The predicted molar refractivity (Wildman–Crippen MR) is 103 cm³/mol. The van der Waals surface area contributed by atoms with E-state index in [4.69, 9.17) is 5.73 Å². The second-order valence-corrected chi connectivity index (χ2v) is 6.55. The summed E-state index contributed by atoms with van der Waals surface area (Å²) in [6, 6.07) is 10.0. The quantitative estimate of drug-likeness (QED) is 0.587. The Kier molecular flexibility index (Phi) is 3.73. The van der Waals surface area contributed by atoms with E-state index in [1.807, 2.05) is 64.7 Å². The summed E-state index contributed by atoms with van der Waals surface area (Å²) < 4.78 is 1.91. The van der Waals surface area contributed by atoms with Crippen molar-refractivity contribution in [2.24, 2.45) is 0 Å². The Hall–Kier alpha value is -3.13. The first-order valence-corrected chi connectivity index (χ1v) is 8.63. The lowest BCUT2D eigenvalue weighted by atomic mass is 10.2. The Morgan fingerprint density at radius 1 is 1.20 bits per heavy atom. The monoisotopic (exact) mass is 351 g/mol. The fourth-order valence-electron chi connectivity index (χ4n) is 2.55. The Balaban J connectivity index is 1.75. The van der Waals surface area contributed by atoms with Crippen LogP contribution in [0.3, 0.4) is 0 Å². The molecule has 4 aromatic rings. The van der Waals surface area contributed by atoms with Gasteiger partial charge in [-0.2, -0.15) is 21.3 Å². The number of rotatable bonds is 4. The van der Waals surface area contributed by atoms with E-state index < -0.39 is 0 Å². The van der Waals surface area contributed by atoms with Gasteiger partial charge in [-0.15, -0.1) is 0 Å². The van der Waals surface area contributed by atoms with E-state index >= 15 is 0 Å². The summed E-state index contributed by atoms with van der Waals surface area (Å²) in [5.74, 6) is 0.795. The molecule has 8 heteroatoms. The molecule has 0 unspecified atom stereocenters. The van der Waals surface area contributed by atoms with Gasteiger partial charge >= 0.3 is 0 Å². The van der Waals surface area contributed by atoms with E-state index in [1.54, 1.807) is 17.7 Å². The SMILES string of the molecule is CN(C)c1cccc(Nc2nc(N)c3ncn(-c4ccsc4)c3n2)c1. The molecule has 0 fully saturated rings. The van der Waals surface area contributed by atoms with E-state index in [2.05, 4.69) is 20.3 Å². The van der Waals surface area contributed by atoms with Gasteiger partial charge in [-0.3, -0.25) is 4.57 Å². The maximum absolute atomic E-state index is 6.08. The molecule has 0 radical (unpaired) electrons. The number of anilines is 4. The number of imidazole rings is 1. The predicted octanol–water partition coefficient (Wildman–Crippen LogP) is 3.27. The Labute approximate surface area is 148 Å². The molecule has 0 aliphatic heterocycles.